The lowest BCUT2D eigenvalue weighted by Crippen LogP contribution is -2.51. The second-order valence-electron chi connectivity index (χ2n) is 9.56. The zero-order valence-electron chi connectivity index (χ0n) is 18.8. The van der Waals surface area contributed by atoms with Crippen molar-refractivity contribution in [2.75, 3.05) is 13.2 Å². The van der Waals surface area contributed by atoms with Gasteiger partial charge >= 0.3 is 0 Å². The van der Waals surface area contributed by atoms with Gasteiger partial charge in [-0.15, -0.1) is 0 Å². The van der Waals surface area contributed by atoms with Crippen LogP contribution in [0.1, 0.15) is 41.9 Å². The molecule has 0 radical (unpaired) electrons. The van der Waals surface area contributed by atoms with E-state index >= 15 is 0 Å². The lowest BCUT2D eigenvalue weighted by molar-refractivity contribution is -0.149. The van der Waals surface area contributed by atoms with Gasteiger partial charge in [0.25, 0.3) is 0 Å². The molecule has 0 saturated heterocycles. The Morgan fingerprint density at radius 1 is 1.03 bits per heavy atom. The predicted octanol–water partition coefficient (Wildman–Crippen LogP) is 4.49. The Balaban J connectivity index is 1.41. The number of fused-ring (bicyclic) bond motifs is 3. The fraction of sp³-hybridized carbons (Fsp3) is 0.357. The maximum Gasteiger partial charge on any atom is 0.176 e. The van der Waals surface area contributed by atoms with E-state index in [1.807, 2.05) is 60.7 Å². The Hall–Kier alpha value is -2.57. The molecule has 5 nitrogen and oxygen atoms in total. The minimum absolute atomic E-state index is 0.269. The van der Waals surface area contributed by atoms with Crippen LogP contribution < -0.4 is 14.8 Å². The van der Waals surface area contributed by atoms with Crippen molar-refractivity contribution in [3.63, 3.8) is 0 Å². The van der Waals surface area contributed by atoms with Crippen molar-refractivity contribution in [3.05, 3.63) is 94.5 Å². The van der Waals surface area contributed by atoms with Crippen LogP contribution in [0.5, 0.6) is 11.5 Å². The smallest absolute Gasteiger partial charge is 0.176 e. The van der Waals surface area contributed by atoms with Crippen LogP contribution in [0.3, 0.4) is 0 Å². The maximum absolute atomic E-state index is 12.3. The SMILES string of the molecule is O[C@H]1C[C@@H](c2ccccc2)[C@]2(c3ccc(Cl)cc3)Oc3cc(OCCNC4CC4)ccc3[C@]12O. The van der Waals surface area contributed by atoms with E-state index in [9.17, 15) is 10.2 Å². The van der Waals surface area contributed by atoms with E-state index in [-0.39, 0.29) is 5.92 Å². The predicted molar refractivity (Wildman–Crippen MR) is 130 cm³/mol. The van der Waals surface area contributed by atoms with Crippen LogP contribution in [-0.2, 0) is 11.2 Å². The molecule has 6 rings (SSSR count). The summed E-state index contributed by atoms with van der Waals surface area (Å²) < 4.78 is 12.7. The molecule has 34 heavy (non-hydrogen) atoms. The number of hydrogen-bond acceptors (Lipinski definition) is 5. The molecule has 3 aliphatic rings. The van der Waals surface area contributed by atoms with Gasteiger partial charge < -0.3 is 25.0 Å². The molecule has 176 valence electrons. The largest absolute Gasteiger partial charge is 0.492 e. The van der Waals surface area contributed by atoms with E-state index in [0.29, 0.717) is 41.2 Å². The molecule has 0 amide bonds. The third-order valence-corrected chi connectivity index (χ3v) is 7.74. The molecule has 1 heterocycles. The Morgan fingerprint density at radius 2 is 1.79 bits per heavy atom. The minimum Gasteiger partial charge on any atom is -0.492 e. The van der Waals surface area contributed by atoms with Crippen molar-refractivity contribution in [2.45, 2.75) is 48.5 Å². The second kappa shape index (κ2) is 8.28. The van der Waals surface area contributed by atoms with E-state index in [4.69, 9.17) is 21.1 Å². The normalized spacial score (nSPS) is 29.4. The van der Waals surface area contributed by atoms with E-state index in [1.165, 1.54) is 12.8 Å². The van der Waals surface area contributed by atoms with E-state index in [0.717, 1.165) is 17.7 Å². The summed E-state index contributed by atoms with van der Waals surface area (Å²) in [7, 11) is 0. The van der Waals surface area contributed by atoms with Crippen LogP contribution >= 0.6 is 11.6 Å². The number of nitrogens with one attached hydrogen (secondary N) is 1. The quantitative estimate of drug-likeness (QED) is 0.437. The van der Waals surface area contributed by atoms with E-state index in [1.54, 1.807) is 12.1 Å². The van der Waals surface area contributed by atoms with Gasteiger partial charge in [0.15, 0.2) is 11.2 Å². The molecular formula is C28H28ClNO4. The van der Waals surface area contributed by atoms with E-state index in [2.05, 4.69) is 5.32 Å². The molecular weight excluding hydrogens is 450 g/mol. The highest BCUT2D eigenvalue weighted by Crippen LogP contribution is 2.66. The summed E-state index contributed by atoms with van der Waals surface area (Å²) in [6, 6.07) is 23.4. The molecule has 0 unspecified atom stereocenters. The first-order valence-corrected chi connectivity index (χ1v) is 12.3. The van der Waals surface area contributed by atoms with Gasteiger partial charge in [0.05, 0.1) is 6.10 Å². The summed E-state index contributed by atoms with van der Waals surface area (Å²) in [5.41, 5.74) is -0.466. The van der Waals surface area contributed by atoms with Crippen molar-refractivity contribution in [3.8, 4) is 11.5 Å². The molecule has 3 N–H and O–H groups in total. The van der Waals surface area contributed by atoms with Gasteiger partial charge in [0, 0.05) is 35.2 Å². The van der Waals surface area contributed by atoms with Gasteiger partial charge in [-0.3, -0.25) is 0 Å². The van der Waals surface area contributed by atoms with Crippen molar-refractivity contribution < 1.29 is 19.7 Å². The van der Waals surface area contributed by atoms with Gasteiger partial charge in [-0.2, -0.15) is 0 Å². The Morgan fingerprint density at radius 3 is 2.53 bits per heavy atom. The fourth-order valence-electron chi connectivity index (χ4n) is 5.72. The van der Waals surface area contributed by atoms with Crippen LogP contribution in [0, 0.1) is 0 Å². The average Bonchev–Trinajstić information content (AvgIpc) is 3.60. The van der Waals surface area contributed by atoms with Crippen LogP contribution in [0.4, 0.5) is 0 Å². The Labute approximate surface area is 204 Å². The molecule has 4 atom stereocenters. The molecule has 2 fully saturated rings. The molecule has 3 aromatic rings. The zero-order chi connectivity index (χ0) is 23.3. The molecule has 2 aliphatic carbocycles. The number of halogens is 1. The summed E-state index contributed by atoms with van der Waals surface area (Å²) in [5, 5.41) is 27.6. The molecule has 1 aliphatic heterocycles. The van der Waals surface area contributed by atoms with Crippen molar-refractivity contribution in [1.29, 1.82) is 0 Å². The summed E-state index contributed by atoms with van der Waals surface area (Å²) >= 11 is 6.20. The highest BCUT2D eigenvalue weighted by Gasteiger charge is 2.72. The lowest BCUT2D eigenvalue weighted by atomic mass is 9.71. The minimum atomic E-state index is -1.62. The molecule has 2 saturated carbocycles. The van der Waals surface area contributed by atoms with Crippen LogP contribution in [0.2, 0.25) is 5.02 Å². The van der Waals surface area contributed by atoms with E-state index < -0.39 is 17.3 Å². The van der Waals surface area contributed by atoms with Crippen LogP contribution in [0.15, 0.2) is 72.8 Å². The third-order valence-electron chi connectivity index (χ3n) is 7.49. The summed E-state index contributed by atoms with van der Waals surface area (Å²) in [5.74, 6) is 0.941. The number of benzene rings is 3. The summed E-state index contributed by atoms with van der Waals surface area (Å²) in [6.07, 6.45) is 1.84. The fourth-order valence-corrected chi connectivity index (χ4v) is 5.85. The standard InChI is InChI=1S/C28H28ClNO4/c29-20-8-6-19(7-9-20)28-24(18-4-2-1-3-5-18)17-26(31)27(28,32)23-13-12-22(16-25(23)34-28)33-15-14-30-21-10-11-21/h1-9,12-13,16,21,24,26,30-32H,10-11,14-15,17H2/t24-,26-,27-,28-/m0/s1. The monoisotopic (exact) mass is 477 g/mol. The Kier molecular flexibility index (Phi) is 5.34. The average molecular weight is 478 g/mol. The molecule has 0 bridgehead atoms. The molecule has 0 spiro atoms. The molecule has 6 heteroatoms. The van der Waals surface area contributed by atoms with Gasteiger partial charge in [-0.1, -0.05) is 54.1 Å². The number of ether oxygens (including phenoxy) is 2. The number of aliphatic hydroxyl groups excluding tert-OH is 1. The maximum atomic E-state index is 12.3. The molecule has 0 aromatic heterocycles. The highest BCUT2D eigenvalue weighted by atomic mass is 35.5. The first kappa shape index (κ1) is 21.9. The molecule has 3 aromatic carbocycles. The topological polar surface area (TPSA) is 71.0 Å². The van der Waals surface area contributed by atoms with Gasteiger partial charge in [0.2, 0.25) is 0 Å². The lowest BCUT2D eigenvalue weighted by Gasteiger charge is -2.40. The number of hydrogen-bond donors (Lipinski definition) is 3. The number of rotatable bonds is 7. The van der Waals surface area contributed by atoms with Gasteiger partial charge in [-0.05, 0) is 54.7 Å². The van der Waals surface area contributed by atoms with Gasteiger partial charge in [-0.25, -0.2) is 0 Å². The summed E-state index contributed by atoms with van der Waals surface area (Å²) in [4.78, 5) is 0. The van der Waals surface area contributed by atoms with Crippen molar-refractivity contribution in [1.82, 2.24) is 5.32 Å². The van der Waals surface area contributed by atoms with Crippen LogP contribution in [0.25, 0.3) is 0 Å². The van der Waals surface area contributed by atoms with Gasteiger partial charge in [0.1, 0.15) is 18.1 Å². The van der Waals surface area contributed by atoms with Crippen LogP contribution in [-0.4, -0.2) is 35.5 Å². The summed E-state index contributed by atoms with van der Waals surface area (Å²) in [6.45, 7) is 1.34. The third kappa shape index (κ3) is 3.34. The number of aliphatic hydroxyl groups is 2. The highest BCUT2D eigenvalue weighted by molar-refractivity contribution is 6.30. The first-order valence-electron chi connectivity index (χ1n) is 11.9. The second-order valence-corrected chi connectivity index (χ2v) is 10.00. The van der Waals surface area contributed by atoms with Crippen molar-refractivity contribution in [2.24, 2.45) is 0 Å². The first-order chi connectivity index (χ1) is 16.5. The zero-order valence-corrected chi connectivity index (χ0v) is 19.5. The van der Waals surface area contributed by atoms with Crippen molar-refractivity contribution >= 4 is 11.6 Å². The Bertz CT molecular complexity index is 1180.